The summed E-state index contributed by atoms with van der Waals surface area (Å²) in [6.45, 7) is 3.67. The molecule has 24 heavy (non-hydrogen) atoms. The summed E-state index contributed by atoms with van der Waals surface area (Å²) in [5.74, 6) is 1.56. The molecule has 0 saturated heterocycles. The molecule has 0 bridgehead atoms. The molecule has 0 N–H and O–H groups in total. The monoisotopic (exact) mass is 324 g/mol. The van der Waals surface area contributed by atoms with Crippen LogP contribution in [-0.4, -0.2) is 22.8 Å². The minimum atomic E-state index is -0.0149. The van der Waals surface area contributed by atoms with E-state index in [0.29, 0.717) is 25.1 Å². The van der Waals surface area contributed by atoms with Crippen LogP contribution in [0.3, 0.4) is 0 Å². The normalized spacial score (nSPS) is 10.7. The van der Waals surface area contributed by atoms with Gasteiger partial charge in [0.1, 0.15) is 11.5 Å². The number of hydrogen-bond donors (Lipinski definition) is 0. The van der Waals surface area contributed by atoms with Gasteiger partial charge in [0.15, 0.2) is 0 Å². The van der Waals surface area contributed by atoms with Crippen LogP contribution in [0.5, 0.6) is 11.5 Å². The van der Waals surface area contributed by atoms with Gasteiger partial charge in [0.25, 0.3) is 5.56 Å². The van der Waals surface area contributed by atoms with Gasteiger partial charge < -0.3 is 9.47 Å². The summed E-state index contributed by atoms with van der Waals surface area (Å²) in [6, 6.07) is 14.9. The minimum Gasteiger partial charge on any atom is -0.494 e. The summed E-state index contributed by atoms with van der Waals surface area (Å²) < 4.78 is 12.8. The van der Waals surface area contributed by atoms with E-state index in [9.17, 15) is 4.79 Å². The molecule has 0 fully saturated rings. The van der Waals surface area contributed by atoms with E-state index in [4.69, 9.17) is 9.47 Å². The predicted molar refractivity (Wildman–Crippen MR) is 93.7 cm³/mol. The van der Waals surface area contributed by atoms with Gasteiger partial charge in [-0.1, -0.05) is 18.2 Å². The van der Waals surface area contributed by atoms with Crippen LogP contribution < -0.4 is 15.0 Å². The number of rotatable bonds is 7. The molecule has 124 valence electrons. The van der Waals surface area contributed by atoms with Crippen LogP contribution in [0.25, 0.3) is 10.9 Å². The van der Waals surface area contributed by atoms with Crippen molar-refractivity contribution in [2.75, 3.05) is 13.2 Å². The molecule has 0 aliphatic carbocycles. The lowest BCUT2D eigenvalue weighted by molar-refractivity contribution is 0.295. The second-order valence-corrected chi connectivity index (χ2v) is 5.37. The van der Waals surface area contributed by atoms with Gasteiger partial charge in [-0.25, -0.2) is 4.98 Å². The second-order valence-electron chi connectivity index (χ2n) is 5.37. The van der Waals surface area contributed by atoms with Crippen molar-refractivity contribution in [1.29, 1.82) is 0 Å². The van der Waals surface area contributed by atoms with Gasteiger partial charge in [0.2, 0.25) is 0 Å². The van der Waals surface area contributed by atoms with E-state index in [0.717, 1.165) is 23.4 Å². The van der Waals surface area contributed by atoms with E-state index < -0.39 is 0 Å². The van der Waals surface area contributed by atoms with Crippen LogP contribution in [0.4, 0.5) is 0 Å². The highest BCUT2D eigenvalue weighted by Crippen LogP contribution is 2.19. The first kappa shape index (κ1) is 16.1. The van der Waals surface area contributed by atoms with Gasteiger partial charge >= 0.3 is 0 Å². The van der Waals surface area contributed by atoms with Crippen LogP contribution in [0.2, 0.25) is 0 Å². The average molecular weight is 324 g/mol. The van der Waals surface area contributed by atoms with Gasteiger partial charge in [-0.15, -0.1) is 0 Å². The highest BCUT2D eigenvalue weighted by atomic mass is 16.5. The molecule has 0 aliphatic heterocycles. The molecule has 0 unspecified atom stereocenters. The lowest BCUT2D eigenvalue weighted by Crippen LogP contribution is -2.21. The van der Waals surface area contributed by atoms with Crippen LogP contribution in [0.15, 0.2) is 59.7 Å². The van der Waals surface area contributed by atoms with E-state index in [1.807, 2.05) is 49.4 Å². The zero-order valence-corrected chi connectivity index (χ0v) is 13.6. The minimum absolute atomic E-state index is 0.0149. The summed E-state index contributed by atoms with van der Waals surface area (Å²) in [4.78, 5) is 16.7. The highest BCUT2D eigenvalue weighted by Gasteiger charge is 2.03. The van der Waals surface area contributed by atoms with Gasteiger partial charge in [0, 0.05) is 12.6 Å². The SMILES string of the molecule is CCOc1cccc(OCCCn2cnc3ccccc3c2=O)c1. The number of aromatic nitrogens is 2. The highest BCUT2D eigenvalue weighted by molar-refractivity contribution is 5.76. The molecule has 0 spiro atoms. The molecule has 0 aliphatic rings. The number of nitrogens with zero attached hydrogens (tertiary/aromatic N) is 2. The first-order valence-corrected chi connectivity index (χ1v) is 8.08. The molecule has 2 aromatic carbocycles. The Hall–Kier alpha value is -2.82. The standard InChI is InChI=1S/C19H20N2O3/c1-2-23-15-7-5-8-16(13-15)24-12-6-11-21-14-20-18-10-4-3-9-17(18)19(21)22/h3-5,7-10,13-14H,2,6,11-12H2,1H3. The number of aryl methyl sites for hydroxylation is 1. The lowest BCUT2D eigenvalue weighted by atomic mass is 10.2. The molecule has 3 rings (SSSR count). The Kier molecular flexibility index (Phi) is 5.11. The van der Waals surface area contributed by atoms with Crippen molar-refractivity contribution in [3.05, 3.63) is 65.2 Å². The molecule has 1 aromatic heterocycles. The summed E-state index contributed by atoms with van der Waals surface area (Å²) in [5, 5.41) is 0.644. The average Bonchev–Trinajstić information content (AvgIpc) is 2.61. The van der Waals surface area contributed by atoms with E-state index in [1.165, 1.54) is 0 Å². The zero-order chi connectivity index (χ0) is 16.8. The van der Waals surface area contributed by atoms with Crippen molar-refractivity contribution in [3.8, 4) is 11.5 Å². The van der Waals surface area contributed by atoms with Gasteiger partial charge in [-0.05, 0) is 37.6 Å². The zero-order valence-electron chi connectivity index (χ0n) is 13.6. The molecule has 5 nitrogen and oxygen atoms in total. The summed E-state index contributed by atoms with van der Waals surface area (Å²) in [5.41, 5.74) is 0.710. The largest absolute Gasteiger partial charge is 0.494 e. The lowest BCUT2D eigenvalue weighted by Gasteiger charge is -2.09. The van der Waals surface area contributed by atoms with Crippen molar-refractivity contribution in [2.24, 2.45) is 0 Å². The van der Waals surface area contributed by atoms with Crippen molar-refractivity contribution in [1.82, 2.24) is 9.55 Å². The third-order valence-corrected chi connectivity index (χ3v) is 3.66. The molecule has 0 atom stereocenters. The maximum absolute atomic E-state index is 12.4. The number of fused-ring (bicyclic) bond motifs is 1. The molecule has 3 aromatic rings. The smallest absolute Gasteiger partial charge is 0.261 e. The van der Waals surface area contributed by atoms with Crippen molar-refractivity contribution in [2.45, 2.75) is 19.9 Å². The summed E-state index contributed by atoms with van der Waals surface area (Å²) in [6.07, 6.45) is 2.32. The Balaban J connectivity index is 1.58. The number of ether oxygens (including phenoxy) is 2. The van der Waals surface area contributed by atoms with E-state index >= 15 is 0 Å². The molecule has 5 heteroatoms. The van der Waals surface area contributed by atoms with Crippen molar-refractivity contribution >= 4 is 10.9 Å². The Morgan fingerprint density at radius 2 is 1.83 bits per heavy atom. The van der Waals surface area contributed by atoms with E-state index in [2.05, 4.69) is 4.98 Å². The Bertz CT molecular complexity index is 874. The fourth-order valence-electron chi connectivity index (χ4n) is 2.51. The Labute approximate surface area is 140 Å². The predicted octanol–water partition coefficient (Wildman–Crippen LogP) is 3.26. The van der Waals surface area contributed by atoms with Crippen molar-refractivity contribution in [3.63, 3.8) is 0 Å². The Morgan fingerprint density at radius 3 is 2.67 bits per heavy atom. The summed E-state index contributed by atoms with van der Waals surface area (Å²) in [7, 11) is 0. The van der Waals surface area contributed by atoms with Crippen LogP contribution in [0, 0.1) is 0 Å². The van der Waals surface area contributed by atoms with Gasteiger partial charge in [-0.2, -0.15) is 0 Å². The first-order valence-electron chi connectivity index (χ1n) is 8.08. The quantitative estimate of drug-likeness (QED) is 0.626. The van der Waals surface area contributed by atoms with Crippen LogP contribution in [-0.2, 0) is 6.54 Å². The maximum atomic E-state index is 12.4. The summed E-state index contributed by atoms with van der Waals surface area (Å²) >= 11 is 0. The molecule has 1 heterocycles. The molecule has 0 amide bonds. The number of benzene rings is 2. The van der Waals surface area contributed by atoms with Crippen LogP contribution >= 0.6 is 0 Å². The Morgan fingerprint density at radius 1 is 1.04 bits per heavy atom. The van der Waals surface area contributed by atoms with Gasteiger partial charge in [0.05, 0.1) is 30.4 Å². The topological polar surface area (TPSA) is 53.4 Å². The maximum Gasteiger partial charge on any atom is 0.261 e. The van der Waals surface area contributed by atoms with Crippen LogP contribution in [0.1, 0.15) is 13.3 Å². The second kappa shape index (κ2) is 7.64. The van der Waals surface area contributed by atoms with Crippen molar-refractivity contribution < 1.29 is 9.47 Å². The molecular formula is C19H20N2O3. The molecule has 0 saturated carbocycles. The molecule has 0 radical (unpaired) electrons. The molecular weight excluding hydrogens is 304 g/mol. The number of hydrogen-bond acceptors (Lipinski definition) is 4. The fourth-order valence-corrected chi connectivity index (χ4v) is 2.51. The van der Waals surface area contributed by atoms with Gasteiger partial charge in [-0.3, -0.25) is 9.36 Å². The first-order chi connectivity index (χ1) is 11.8. The third kappa shape index (κ3) is 3.74. The van der Waals surface area contributed by atoms with E-state index in [1.54, 1.807) is 17.0 Å². The van der Waals surface area contributed by atoms with E-state index in [-0.39, 0.29) is 5.56 Å². The third-order valence-electron chi connectivity index (χ3n) is 3.66. The fraction of sp³-hybridized carbons (Fsp3) is 0.263. The number of para-hydroxylation sites is 1.